The van der Waals surface area contributed by atoms with Crippen molar-refractivity contribution in [2.75, 3.05) is 12.3 Å². The molecule has 0 N–H and O–H groups in total. The van der Waals surface area contributed by atoms with Crippen molar-refractivity contribution in [2.24, 2.45) is 0 Å². The van der Waals surface area contributed by atoms with Gasteiger partial charge in [-0.3, -0.25) is 4.79 Å². The number of nitrogens with zero attached hydrogens (tertiary/aromatic N) is 5. The highest BCUT2D eigenvalue weighted by molar-refractivity contribution is 7.99. The summed E-state index contributed by atoms with van der Waals surface area (Å²) < 4.78 is 27.9. The predicted octanol–water partition coefficient (Wildman–Crippen LogP) is 2.12. The molecule has 0 bridgehead atoms. The number of carbonyl (C=O) groups is 1. The maximum Gasteiger partial charge on any atom is 0.269 e. The summed E-state index contributed by atoms with van der Waals surface area (Å²) in [5.74, 6) is -0.0560. The smallest absolute Gasteiger partial charge is 0.268 e. The molecule has 1 aromatic heterocycles. The van der Waals surface area contributed by atoms with E-state index >= 15 is 0 Å². The van der Waals surface area contributed by atoms with Crippen molar-refractivity contribution in [3.8, 4) is 0 Å². The van der Waals surface area contributed by atoms with Crippen LogP contribution in [0.1, 0.15) is 48.5 Å². The normalized spacial score (nSPS) is 19.7. The van der Waals surface area contributed by atoms with Gasteiger partial charge in [0, 0.05) is 12.3 Å². The molecule has 1 aromatic carbocycles. The summed E-state index contributed by atoms with van der Waals surface area (Å²) in [6.07, 6.45) is 5.72. The number of amides is 1. The van der Waals surface area contributed by atoms with Crippen molar-refractivity contribution in [3.63, 3.8) is 0 Å². The third-order valence-electron chi connectivity index (χ3n) is 4.82. The lowest BCUT2D eigenvalue weighted by atomic mass is 9.96. The van der Waals surface area contributed by atoms with Gasteiger partial charge in [0.1, 0.15) is 4.90 Å². The predicted molar refractivity (Wildman–Crippen MR) is 95.3 cm³/mol. The number of aromatic nitrogens is 4. The number of hydrogen-bond acceptors (Lipinski definition) is 7. The minimum atomic E-state index is -3.76. The molecule has 0 unspecified atom stereocenters. The van der Waals surface area contributed by atoms with Crippen molar-refractivity contribution in [1.82, 2.24) is 24.5 Å². The fourth-order valence-corrected chi connectivity index (χ4v) is 6.06. The van der Waals surface area contributed by atoms with Crippen LogP contribution >= 0.6 is 11.8 Å². The summed E-state index contributed by atoms with van der Waals surface area (Å²) in [6, 6.07) is 6.62. The molecule has 0 saturated heterocycles. The molecule has 26 heavy (non-hydrogen) atoms. The average Bonchev–Trinajstić information content (AvgIpc) is 3.20. The number of hydrogen-bond donors (Lipinski definition) is 0. The van der Waals surface area contributed by atoms with Crippen molar-refractivity contribution < 1.29 is 13.2 Å². The zero-order valence-electron chi connectivity index (χ0n) is 14.1. The van der Waals surface area contributed by atoms with Gasteiger partial charge in [-0.15, -0.1) is 5.10 Å². The molecule has 2 aromatic rings. The molecule has 1 aliphatic carbocycles. The molecule has 0 atom stereocenters. The van der Waals surface area contributed by atoms with Crippen molar-refractivity contribution in [3.05, 3.63) is 29.8 Å². The summed E-state index contributed by atoms with van der Waals surface area (Å²) in [7, 11) is -3.76. The van der Waals surface area contributed by atoms with Gasteiger partial charge in [0.05, 0.1) is 11.6 Å². The van der Waals surface area contributed by atoms with Gasteiger partial charge in [-0.2, -0.15) is 0 Å². The quantitative estimate of drug-likeness (QED) is 0.718. The third-order valence-corrected chi connectivity index (χ3v) is 7.57. The lowest BCUT2D eigenvalue weighted by Gasteiger charge is -2.22. The Bertz CT molecular complexity index is 921. The van der Waals surface area contributed by atoms with Crippen molar-refractivity contribution in [1.29, 1.82) is 0 Å². The number of benzene rings is 1. The Hall–Kier alpha value is -1.94. The molecule has 1 saturated carbocycles. The second-order valence-electron chi connectivity index (χ2n) is 6.42. The van der Waals surface area contributed by atoms with Gasteiger partial charge in [0.2, 0.25) is 5.16 Å². The fraction of sp³-hybridized carbons (Fsp3) is 0.500. The molecule has 10 heteroatoms. The van der Waals surface area contributed by atoms with Crippen LogP contribution in [0.2, 0.25) is 0 Å². The van der Waals surface area contributed by atoms with Gasteiger partial charge in [-0.25, -0.2) is 17.4 Å². The molecule has 2 aliphatic rings. The first-order chi connectivity index (χ1) is 12.6. The first-order valence-electron chi connectivity index (χ1n) is 8.66. The van der Waals surface area contributed by atoms with E-state index < -0.39 is 15.9 Å². The Morgan fingerprint density at radius 3 is 2.69 bits per heavy atom. The maximum absolute atomic E-state index is 12.6. The van der Waals surface area contributed by atoms with E-state index in [9.17, 15) is 13.2 Å². The van der Waals surface area contributed by atoms with Crippen LogP contribution in [0.15, 0.2) is 34.3 Å². The Morgan fingerprint density at radius 1 is 1.15 bits per heavy atom. The van der Waals surface area contributed by atoms with E-state index in [1.807, 2.05) is 4.68 Å². The lowest BCUT2D eigenvalue weighted by Crippen LogP contribution is -2.32. The first-order valence-corrected chi connectivity index (χ1v) is 11.1. The number of fused-ring (bicyclic) bond motifs is 1. The molecular formula is C16H19N5O3S2. The zero-order valence-corrected chi connectivity index (χ0v) is 15.7. The van der Waals surface area contributed by atoms with Gasteiger partial charge in [0.15, 0.2) is 0 Å². The van der Waals surface area contributed by atoms with E-state index in [1.165, 1.54) is 37.1 Å². The van der Waals surface area contributed by atoms with Gasteiger partial charge < -0.3 is 0 Å². The zero-order chi connectivity index (χ0) is 18.1. The van der Waals surface area contributed by atoms with Gasteiger partial charge >= 0.3 is 0 Å². The number of thioether (sulfide) groups is 1. The molecule has 0 spiro atoms. The molecule has 0 radical (unpaired) electrons. The molecule has 1 fully saturated rings. The Labute approximate surface area is 156 Å². The number of rotatable bonds is 5. The number of tetrazole rings is 1. The van der Waals surface area contributed by atoms with E-state index in [4.69, 9.17) is 0 Å². The average molecular weight is 393 g/mol. The van der Waals surface area contributed by atoms with Gasteiger partial charge in [0.25, 0.3) is 15.9 Å². The Balaban J connectivity index is 1.43. The highest BCUT2D eigenvalue weighted by Crippen LogP contribution is 2.32. The second-order valence-corrected chi connectivity index (χ2v) is 9.32. The lowest BCUT2D eigenvalue weighted by molar-refractivity contribution is 0.0876. The molecule has 1 aliphatic heterocycles. The van der Waals surface area contributed by atoms with E-state index in [2.05, 4.69) is 15.5 Å². The third kappa shape index (κ3) is 3.01. The number of carbonyl (C=O) groups excluding carboxylic acids is 1. The van der Waals surface area contributed by atoms with Crippen LogP contribution in [0.3, 0.4) is 0 Å². The first kappa shape index (κ1) is 17.5. The van der Waals surface area contributed by atoms with Crippen LogP contribution in [0.4, 0.5) is 0 Å². The maximum atomic E-state index is 12.6. The Morgan fingerprint density at radius 2 is 1.92 bits per heavy atom. The van der Waals surface area contributed by atoms with E-state index in [0.29, 0.717) is 17.0 Å². The van der Waals surface area contributed by atoms with Crippen LogP contribution in [-0.4, -0.2) is 51.1 Å². The standard InChI is InChI=1S/C16H19N5O3S2/c22-15-13-8-4-5-9-14(13)26(23,24)20(15)10-11-25-16-17-18-19-21(16)12-6-2-1-3-7-12/h4-5,8-9,12H,1-3,6-7,10-11H2. The number of sulfonamides is 1. The summed E-state index contributed by atoms with van der Waals surface area (Å²) in [6.45, 7) is 0.0953. The molecule has 138 valence electrons. The Kier molecular flexibility index (Phi) is 4.70. The van der Waals surface area contributed by atoms with Gasteiger partial charge in [-0.1, -0.05) is 43.2 Å². The molecular weight excluding hydrogens is 374 g/mol. The van der Waals surface area contributed by atoms with E-state index in [-0.39, 0.29) is 17.0 Å². The highest BCUT2D eigenvalue weighted by atomic mass is 32.2. The van der Waals surface area contributed by atoms with Crippen LogP contribution in [0, 0.1) is 0 Å². The summed E-state index contributed by atoms with van der Waals surface area (Å²) in [5.41, 5.74) is 0.240. The molecule has 2 heterocycles. The van der Waals surface area contributed by atoms with E-state index in [1.54, 1.807) is 18.2 Å². The van der Waals surface area contributed by atoms with Crippen molar-refractivity contribution >= 4 is 27.7 Å². The fourth-order valence-electron chi connectivity index (χ4n) is 3.51. The minimum Gasteiger partial charge on any atom is -0.268 e. The van der Waals surface area contributed by atoms with Crippen LogP contribution in [0.5, 0.6) is 0 Å². The van der Waals surface area contributed by atoms with Crippen LogP contribution in [-0.2, 0) is 10.0 Å². The minimum absolute atomic E-state index is 0.0852. The van der Waals surface area contributed by atoms with Crippen molar-refractivity contribution in [2.45, 2.75) is 48.2 Å². The topological polar surface area (TPSA) is 98.1 Å². The largest absolute Gasteiger partial charge is 0.269 e. The SMILES string of the molecule is O=C1c2ccccc2S(=O)(=O)N1CCSc1nnnn1C1CCCCC1. The van der Waals surface area contributed by atoms with Crippen LogP contribution < -0.4 is 0 Å². The summed E-state index contributed by atoms with van der Waals surface area (Å²) >= 11 is 1.38. The molecule has 1 amide bonds. The molecule has 8 nitrogen and oxygen atoms in total. The van der Waals surface area contributed by atoms with Gasteiger partial charge in [-0.05, 0) is 35.4 Å². The van der Waals surface area contributed by atoms with E-state index in [0.717, 1.165) is 17.1 Å². The highest BCUT2D eigenvalue weighted by Gasteiger charge is 2.40. The summed E-state index contributed by atoms with van der Waals surface area (Å²) in [4.78, 5) is 12.5. The monoisotopic (exact) mass is 393 g/mol. The van der Waals surface area contributed by atoms with Crippen LogP contribution in [0.25, 0.3) is 0 Å². The summed E-state index contributed by atoms with van der Waals surface area (Å²) in [5, 5.41) is 12.6. The second kappa shape index (κ2) is 6.99. The molecule has 4 rings (SSSR count).